The third-order valence-electron chi connectivity index (χ3n) is 5.08. The molecular weight excluding hydrogens is 358 g/mol. The second-order valence-electron chi connectivity index (χ2n) is 6.96. The van der Waals surface area contributed by atoms with E-state index in [2.05, 4.69) is 22.8 Å². The first-order valence-corrected chi connectivity index (χ1v) is 9.37. The molecule has 0 atom stereocenters. The van der Waals surface area contributed by atoms with Crippen LogP contribution >= 0.6 is 0 Å². The molecule has 1 amide bonds. The van der Waals surface area contributed by atoms with Crippen molar-refractivity contribution in [1.29, 1.82) is 0 Å². The number of fused-ring (bicyclic) bond motifs is 2. The molecule has 2 N–H and O–H groups in total. The van der Waals surface area contributed by atoms with Crippen molar-refractivity contribution in [3.63, 3.8) is 0 Å². The van der Waals surface area contributed by atoms with E-state index in [1.165, 1.54) is 23.6 Å². The maximum Gasteiger partial charge on any atom is 0.292 e. The van der Waals surface area contributed by atoms with E-state index in [0.29, 0.717) is 18.8 Å². The van der Waals surface area contributed by atoms with Crippen LogP contribution in [-0.2, 0) is 24.1 Å². The van der Waals surface area contributed by atoms with Gasteiger partial charge in [0.2, 0.25) is 5.91 Å². The maximum atomic E-state index is 12.3. The minimum absolute atomic E-state index is 0.0197. The number of hydrogen-bond acceptors (Lipinski definition) is 5. The molecule has 3 aromatic rings. The Bertz CT molecular complexity index is 1040. The van der Waals surface area contributed by atoms with Gasteiger partial charge in [-0.3, -0.25) is 14.9 Å². The molecular formula is C21H21N3O4. The largest absolute Gasteiger partial charge is 0.464 e. The molecule has 1 aliphatic rings. The summed E-state index contributed by atoms with van der Waals surface area (Å²) in [6.45, 7) is 0.770. The van der Waals surface area contributed by atoms with Crippen LogP contribution in [0.5, 0.6) is 0 Å². The molecule has 7 nitrogen and oxygen atoms in total. The van der Waals surface area contributed by atoms with Gasteiger partial charge in [0.25, 0.3) is 5.69 Å². The number of nitro benzene ring substituents is 1. The summed E-state index contributed by atoms with van der Waals surface area (Å²) in [7, 11) is 0. The molecule has 0 bridgehead atoms. The number of amides is 1. The molecule has 144 valence electrons. The fraction of sp³-hybridized carbons (Fsp3) is 0.286. The molecule has 1 heterocycles. The van der Waals surface area contributed by atoms with Gasteiger partial charge in [-0.1, -0.05) is 12.1 Å². The van der Waals surface area contributed by atoms with Gasteiger partial charge in [-0.25, -0.2) is 0 Å². The zero-order valence-electron chi connectivity index (χ0n) is 15.4. The number of nitro groups is 1. The van der Waals surface area contributed by atoms with E-state index in [1.807, 2.05) is 0 Å². The second-order valence-corrected chi connectivity index (χ2v) is 6.96. The Morgan fingerprint density at radius 1 is 1.14 bits per heavy atom. The lowest BCUT2D eigenvalue weighted by molar-refractivity contribution is -0.384. The highest BCUT2D eigenvalue weighted by molar-refractivity contribution is 5.88. The highest BCUT2D eigenvalue weighted by atomic mass is 16.6. The Balaban J connectivity index is 1.32. The predicted octanol–water partition coefficient (Wildman–Crippen LogP) is 3.60. The van der Waals surface area contributed by atoms with E-state index in [0.717, 1.165) is 29.4 Å². The quantitative estimate of drug-likeness (QED) is 0.371. The monoisotopic (exact) mass is 379 g/mol. The first kappa shape index (κ1) is 18.0. The molecule has 0 fully saturated rings. The zero-order valence-corrected chi connectivity index (χ0v) is 15.4. The third-order valence-corrected chi connectivity index (χ3v) is 5.08. The van der Waals surface area contributed by atoms with Crippen molar-refractivity contribution >= 4 is 28.3 Å². The van der Waals surface area contributed by atoms with Gasteiger partial charge >= 0.3 is 0 Å². The highest BCUT2D eigenvalue weighted by Crippen LogP contribution is 2.30. The van der Waals surface area contributed by atoms with Gasteiger partial charge in [0.1, 0.15) is 11.3 Å². The van der Waals surface area contributed by atoms with Gasteiger partial charge < -0.3 is 15.1 Å². The average Bonchev–Trinajstić information content (AvgIpc) is 3.30. The van der Waals surface area contributed by atoms with E-state index in [-0.39, 0.29) is 18.0 Å². The van der Waals surface area contributed by atoms with Crippen molar-refractivity contribution in [3.8, 4) is 0 Å². The highest BCUT2D eigenvalue weighted by Gasteiger charge is 2.17. The lowest BCUT2D eigenvalue weighted by Gasteiger charge is -2.08. The van der Waals surface area contributed by atoms with Crippen LogP contribution in [0, 0.1) is 10.1 Å². The topological polar surface area (TPSA) is 97.4 Å². The third kappa shape index (κ3) is 3.69. The number of hydrogen-bond donors (Lipinski definition) is 2. The standard InChI is InChI=1S/C21H21N3O4/c25-21(23-9-8-22-18-6-1-2-7-19(18)24(26)27)12-16-13-28-20-11-15-5-3-4-14(15)10-17(16)20/h1-2,6-7,10-11,13,22H,3-5,8-9,12H2,(H,23,25). The number of benzene rings is 2. The number of rotatable bonds is 7. The van der Waals surface area contributed by atoms with Crippen LogP contribution in [0.2, 0.25) is 0 Å². The Morgan fingerprint density at radius 3 is 2.75 bits per heavy atom. The normalized spacial score (nSPS) is 12.7. The lowest BCUT2D eigenvalue weighted by Crippen LogP contribution is -2.30. The summed E-state index contributed by atoms with van der Waals surface area (Å²) in [5, 5.41) is 17.8. The molecule has 0 radical (unpaired) electrons. The van der Waals surface area contributed by atoms with E-state index in [1.54, 1.807) is 24.5 Å². The average molecular weight is 379 g/mol. The molecule has 0 saturated carbocycles. The Kier molecular flexibility index (Phi) is 4.97. The van der Waals surface area contributed by atoms with Crippen LogP contribution in [0.15, 0.2) is 47.1 Å². The number of nitrogens with one attached hydrogen (secondary N) is 2. The fourth-order valence-electron chi connectivity index (χ4n) is 3.70. The number of para-hydroxylation sites is 2. The Labute approximate surface area is 161 Å². The Hall–Kier alpha value is -3.35. The van der Waals surface area contributed by atoms with Gasteiger partial charge in [0.15, 0.2) is 0 Å². The van der Waals surface area contributed by atoms with Crippen molar-refractivity contribution in [2.75, 3.05) is 18.4 Å². The van der Waals surface area contributed by atoms with Crippen molar-refractivity contribution < 1.29 is 14.1 Å². The van der Waals surface area contributed by atoms with E-state index >= 15 is 0 Å². The molecule has 4 rings (SSSR count). The van der Waals surface area contributed by atoms with E-state index in [9.17, 15) is 14.9 Å². The Morgan fingerprint density at radius 2 is 1.93 bits per heavy atom. The van der Waals surface area contributed by atoms with Crippen LogP contribution < -0.4 is 10.6 Å². The number of carbonyl (C=O) groups is 1. The van der Waals surface area contributed by atoms with Gasteiger partial charge in [-0.2, -0.15) is 0 Å². The van der Waals surface area contributed by atoms with Crippen LogP contribution in [0.1, 0.15) is 23.1 Å². The number of aryl methyl sites for hydroxylation is 2. The molecule has 0 spiro atoms. The molecule has 0 unspecified atom stereocenters. The van der Waals surface area contributed by atoms with Crippen LogP contribution in [0.4, 0.5) is 11.4 Å². The summed E-state index contributed by atoms with van der Waals surface area (Å²) in [5.41, 5.74) is 4.88. The van der Waals surface area contributed by atoms with Crippen LogP contribution in [-0.4, -0.2) is 23.9 Å². The zero-order chi connectivity index (χ0) is 19.5. The molecule has 2 aromatic carbocycles. The smallest absolute Gasteiger partial charge is 0.292 e. The van der Waals surface area contributed by atoms with Crippen LogP contribution in [0.25, 0.3) is 11.0 Å². The number of furan rings is 1. The molecule has 1 aromatic heterocycles. The van der Waals surface area contributed by atoms with Gasteiger partial charge in [0, 0.05) is 30.1 Å². The van der Waals surface area contributed by atoms with Gasteiger partial charge in [-0.05, 0) is 48.6 Å². The molecule has 0 aliphatic heterocycles. The molecule has 1 aliphatic carbocycles. The van der Waals surface area contributed by atoms with Crippen molar-refractivity contribution in [1.82, 2.24) is 5.32 Å². The number of carbonyl (C=O) groups excluding carboxylic acids is 1. The van der Waals surface area contributed by atoms with Crippen molar-refractivity contribution in [2.45, 2.75) is 25.7 Å². The number of nitrogens with zero attached hydrogens (tertiary/aromatic N) is 1. The second kappa shape index (κ2) is 7.72. The molecule has 28 heavy (non-hydrogen) atoms. The first-order valence-electron chi connectivity index (χ1n) is 9.37. The van der Waals surface area contributed by atoms with Gasteiger partial charge in [-0.15, -0.1) is 0 Å². The summed E-state index contributed by atoms with van der Waals surface area (Å²) in [6.07, 6.45) is 5.25. The van der Waals surface area contributed by atoms with Crippen molar-refractivity contribution in [2.24, 2.45) is 0 Å². The summed E-state index contributed by atoms with van der Waals surface area (Å²) < 4.78 is 5.64. The summed E-state index contributed by atoms with van der Waals surface area (Å²) in [6, 6.07) is 10.7. The molecule has 0 saturated heterocycles. The maximum absolute atomic E-state index is 12.3. The number of anilines is 1. The van der Waals surface area contributed by atoms with Gasteiger partial charge in [0.05, 0.1) is 17.6 Å². The van der Waals surface area contributed by atoms with Crippen molar-refractivity contribution in [3.05, 3.63) is 69.5 Å². The van der Waals surface area contributed by atoms with Crippen LogP contribution in [0.3, 0.4) is 0 Å². The first-order chi connectivity index (χ1) is 13.6. The summed E-state index contributed by atoms with van der Waals surface area (Å²) in [5.74, 6) is -0.104. The lowest BCUT2D eigenvalue weighted by atomic mass is 10.0. The summed E-state index contributed by atoms with van der Waals surface area (Å²) in [4.78, 5) is 22.9. The summed E-state index contributed by atoms with van der Waals surface area (Å²) >= 11 is 0. The SMILES string of the molecule is O=C(Cc1coc2cc3c(cc12)CCC3)NCCNc1ccccc1[N+](=O)[O-]. The van der Waals surface area contributed by atoms with E-state index in [4.69, 9.17) is 4.42 Å². The van der Waals surface area contributed by atoms with E-state index < -0.39 is 4.92 Å². The minimum Gasteiger partial charge on any atom is -0.464 e. The fourth-order valence-corrected chi connectivity index (χ4v) is 3.70. The minimum atomic E-state index is -0.429. The predicted molar refractivity (Wildman–Crippen MR) is 107 cm³/mol. The molecule has 7 heteroatoms.